The molecule has 1 aliphatic heterocycles. The number of pyridine rings is 1. The number of aromatic nitrogens is 5. The molecule has 8 heteroatoms. The minimum absolute atomic E-state index is 0.0682. The predicted molar refractivity (Wildman–Crippen MR) is 160 cm³/mol. The van der Waals surface area contributed by atoms with E-state index in [-0.39, 0.29) is 5.56 Å². The van der Waals surface area contributed by atoms with Gasteiger partial charge in [0.1, 0.15) is 17.3 Å². The summed E-state index contributed by atoms with van der Waals surface area (Å²) in [5.41, 5.74) is 4.39. The lowest BCUT2D eigenvalue weighted by Gasteiger charge is -2.28. The van der Waals surface area contributed by atoms with Crippen LogP contribution in [-0.2, 0) is 6.54 Å². The number of hydrogen-bond donors (Lipinski definition) is 0. The van der Waals surface area contributed by atoms with Crippen LogP contribution in [0.1, 0.15) is 55.6 Å². The molecule has 2 aromatic carbocycles. The van der Waals surface area contributed by atoms with Crippen LogP contribution in [0, 0.1) is 0 Å². The summed E-state index contributed by atoms with van der Waals surface area (Å²) in [6.07, 6.45) is 5.79. The molecule has 1 fully saturated rings. The van der Waals surface area contributed by atoms with Gasteiger partial charge in [-0.15, -0.1) is 0 Å². The fourth-order valence-electron chi connectivity index (χ4n) is 5.20. The monoisotopic (exact) mass is 546 g/mol. The normalized spacial score (nSPS) is 14.5. The van der Waals surface area contributed by atoms with Gasteiger partial charge in [-0.3, -0.25) is 4.79 Å². The van der Waals surface area contributed by atoms with Gasteiger partial charge in [0.2, 0.25) is 0 Å². The van der Waals surface area contributed by atoms with Crippen molar-refractivity contribution in [1.29, 1.82) is 0 Å². The molecule has 3 aromatic heterocycles. The summed E-state index contributed by atoms with van der Waals surface area (Å²) in [5.74, 6) is 2.92. The van der Waals surface area contributed by atoms with Crippen molar-refractivity contribution in [3.8, 4) is 22.8 Å². The van der Waals surface area contributed by atoms with Gasteiger partial charge in [0.05, 0.1) is 23.4 Å². The van der Waals surface area contributed by atoms with Gasteiger partial charge in [0.25, 0.3) is 5.56 Å². The van der Waals surface area contributed by atoms with Crippen LogP contribution in [0.5, 0.6) is 11.5 Å². The number of rotatable bonds is 7. The molecule has 41 heavy (non-hydrogen) atoms. The maximum Gasteiger partial charge on any atom is 0.250 e. The Balaban J connectivity index is 1.32. The number of hydrogen-bond acceptors (Lipinski definition) is 7. The van der Waals surface area contributed by atoms with Crippen molar-refractivity contribution in [2.75, 3.05) is 20.1 Å². The number of fused-ring (bicyclic) bond motifs is 1. The number of piperidine rings is 1. The van der Waals surface area contributed by atoms with E-state index in [1.165, 1.54) is 0 Å². The molecular formula is C33H34N6O2. The first-order valence-corrected chi connectivity index (χ1v) is 14.2. The summed E-state index contributed by atoms with van der Waals surface area (Å²) >= 11 is 0. The van der Waals surface area contributed by atoms with Crippen LogP contribution in [0.25, 0.3) is 22.2 Å². The first-order valence-electron chi connectivity index (χ1n) is 14.2. The van der Waals surface area contributed by atoms with E-state index < -0.39 is 0 Å². The molecule has 208 valence electrons. The fraction of sp³-hybridized carbons (Fsp3) is 0.303. The third-order valence-corrected chi connectivity index (χ3v) is 7.76. The van der Waals surface area contributed by atoms with Crippen molar-refractivity contribution < 1.29 is 4.74 Å². The van der Waals surface area contributed by atoms with Gasteiger partial charge >= 0.3 is 0 Å². The Bertz CT molecular complexity index is 1710. The Hall–Kier alpha value is -4.43. The molecule has 0 atom stereocenters. The van der Waals surface area contributed by atoms with Gasteiger partial charge in [-0.05, 0) is 87.4 Å². The maximum atomic E-state index is 12.5. The Morgan fingerprint density at radius 2 is 1.78 bits per heavy atom. The molecule has 0 saturated carbocycles. The topological polar surface area (TPSA) is 86.0 Å². The van der Waals surface area contributed by atoms with Crippen LogP contribution in [0.4, 0.5) is 0 Å². The summed E-state index contributed by atoms with van der Waals surface area (Å²) in [6.45, 7) is 6.68. The average Bonchev–Trinajstić information content (AvgIpc) is 2.99. The van der Waals surface area contributed by atoms with Crippen LogP contribution in [-0.4, -0.2) is 49.8 Å². The lowest BCUT2D eigenvalue weighted by molar-refractivity contribution is 0.251. The first-order chi connectivity index (χ1) is 19.9. The predicted octanol–water partition coefficient (Wildman–Crippen LogP) is 6.02. The molecule has 0 unspecified atom stereocenters. The molecule has 6 rings (SSSR count). The second-order valence-corrected chi connectivity index (χ2v) is 11.1. The van der Waals surface area contributed by atoms with Crippen LogP contribution >= 0.6 is 0 Å². The largest absolute Gasteiger partial charge is 0.457 e. The summed E-state index contributed by atoms with van der Waals surface area (Å²) in [5, 5.41) is 9.67. The lowest BCUT2D eigenvalue weighted by atomic mass is 9.96. The van der Waals surface area contributed by atoms with E-state index in [0.29, 0.717) is 29.9 Å². The van der Waals surface area contributed by atoms with E-state index in [1.807, 2.05) is 60.8 Å². The van der Waals surface area contributed by atoms with Crippen molar-refractivity contribution in [2.24, 2.45) is 0 Å². The first kappa shape index (κ1) is 26.8. The van der Waals surface area contributed by atoms with Crippen molar-refractivity contribution in [3.05, 3.63) is 107 Å². The van der Waals surface area contributed by atoms with Gasteiger partial charge in [0.15, 0.2) is 0 Å². The van der Waals surface area contributed by atoms with E-state index >= 15 is 0 Å². The number of ether oxygens (including phenoxy) is 1. The molecule has 0 amide bonds. The highest BCUT2D eigenvalue weighted by molar-refractivity contribution is 5.81. The minimum atomic E-state index is -0.0682. The van der Waals surface area contributed by atoms with Gasteiger partial charge in [0, 0.05) is 47.0 Å². The molecule has 1 aliphatic rings. The van der Waals surface area contributed by atoms with Gasteiger partial charge in [-0.25, -0.2) is 9.97 Å². The number of likely N-dealkylation sites (tertiary alicyclic amines) is 1. The summed E-state index contributed by atoms with van der Waals surface area (Å²) in [7, 11) is 2.16. The molecule has 5 aromatic rings. The molecule has 0 radical (unpaired) electrons. The second-order valence-electron chi connectivity index (χ2n) is 11.1. The van der Waals surface area contributed by atoms with E-state index in [0.717, 1.165) is 65.2 Å². The van der Waals surface area contributed by atoms with Crippen molar-refractivity contribution in [3.63, 3.8) is 0 Å². The molecule has 1 saturated heterocycles. The highest BCUT2D eigenvalue weighted by Gasteiger charge is 2.21. The lowest BCUT2D eigenvalue weighted by Crippen LogP contribution is -2.29. The van der Waals surface area contributed by atoms with E-state index in [1.54, 1.807) is 22.9 Å². The van der Waals surface area contributed by atoms with Gasteiger partial charge in [-0.1, -0.05) is 19.9 Å². The van der Waals surface area contributed by atoms with Gasteiger partial charge < -0.3 is 14.2 Å². The summed E-state index contributed by atoms with van der Waals surface area (Å²) in [4.78, 5) is 24.6. The van der Waals surface area contributed by atoms with Crippen molar-refractivity contribution >= 4 is 10.9 Å². The fourth-order valence-corrected chi connectivity index (χ4v) is 5.20. The maximum absolute atomic E-state index is 12.5. The molecule has 0 bridgehead atoms. The van der Waals surface area contributed by atoms with Crippen LogP contribution in [0.2, 0.25) is 0 Å². The van der Waals surface area contributed by atoms with Gasteiger partial charge in [-0.2, -0.15) is 10.2 Å². The molecular weight excluding hydrogens is 512 g/mol. The van der Waals surface area contributed by atoms with Crippen LogP contribution in [0.3, 0.4) is 0 Å². The smallest absolute Gasteiger partial charge is 0.250 e. The zero-order chi connectivity index (χ0) is 28.3. The minimum Gasteiger partial charge on any atom is -0.457 e. The molecule has 0 N–H and O–H groups in total. The quantitative estimate of drug-likeness (QED) is 0.247. The zero-order valence-corrected chi connectivity index (χ0v) is 23.7. The van der Waals surface area contributed by atoms with E-state index in [2.05, 4.69) is 36.0 Å². The van der Waals surface area contributed by atoms with Crippen LogP contribution in [0.15, 0.2) is 83.9 Å². The SMILES string of the molecule is CC(C)c1ccc(-c2ccc(Oc3cc4nc(C5CCN(C)CC5)ncc4cc3Cn3ccccc3=O)cc2)nn1. The Morgan fingerprint density at radius 3 is 2.49 bits per heavy atom. The van der Waals surface area contributed by atoms with Crippen LogP contribution < -0.4 is 10.3 Å². The summed E-state index contributed by atoms with van der Waals surface area (Å²) < 4.78 is 8.12. The van der Waals surface area contributed by atoms with E-state index in [9.17, 15) is 4.79 Å². The number of nitrogens with zero attached hydrogens (tertiary/aromatic N) is 6. The Morgan fingerprint density at radius 1 is 0.976 bits per heavy atom. The molecule has 4 heterocycles. The molecule has 0 spiro atoms. The third-order valence-electron chi connectivity index (χ3n) is 7.76. The zero-order valence-electron chi connectivity index (χ0n) is 23.7. The second kappa shape index (κ2) is 11.6. The highest BCUT2D eigenvalue weighted by atomic mass is 16.5. The summed E-state index contributed by atoms with van der Waals surface area (Å²) in [6, 6.07) is 21.0. The number of benzene rings is 2. The van der Waals surface area contributed by atoms with Crippen molar-refractivity contribution in [2.45, 2.75) is 45.1 Å². The van der Waals surface area contributed by atoms with E-state index in [4.69, 9.17) is 14.7 Å². The molecule has 8 nitrogen and oxygen atoms in total. The highest BCUT2D eigenvalue weighted by Crippen LogP contribution is 2.33. The Kier molecular flexibility index (Phi) is 7.57. The molecule has 0 aliphatic carbocycles. The third kappa shape index (κ3) is 6.02. The average molecular weight is 547 g/mol. The Labute approximate surface area is 239 Å². The van der Waals surface area contributed by atoms with Crippen molar-refractivity contribution in [1.82, 2.24) is 29.6 Å². The standard InChI is InChI=1S/C33H34N6O2/c1-22(2)28-11-12-29(37-36-28)23-7-9-27(10-8-23)41-31-19-30-25(18-26(31)21-39-15-5-4-6-32(39)40)20-34-33(35-30)24-13-16-38(3)17-14-24/h4-12,15,18-20,22,24H,13-14,16-17,21H2,1-3H3.